The van der Waals surface area contributed by atoms with Gasteiger partial charge in [0.05, 0.1) is 0 Å². The number of anilines is 1. The van der Waals surface area contributed by atoms with Gasteiger partial charge in [-0.3, -0.25) is 4.79 Å². The molecule has 0 spiro atoms. The van der Waals surface area contributed by atoms with Crippen LogP contribution < -0.4 is 5.32 Å². The summed E-state index contributed by atoms with van der Waals surface area (Å²) in [5.41, 5.74) is 4.32. The number of aryl methyl sites for hydroxylation is 1. The van der Waals surface area contributed by atoms with Crippen molar-refractivity contribution in [2.24, 2.45) is 0 Å². The normalized spacial score (nSPS) is 13.0. The number of unbranched alkanes of at least 4 members (excludes halogenated alkanes) is 7. The number of carbonyl (C=O) groups is 1. The lowest BCUT2D eigenvalue weighted by Crippen LogP contribution is -2.21. The third kappa shape index (κ3) is 8.73. The Hall–Kier alpha value is -1.94. The van der Waals surface area contributed by atoms with Crippen LogP contribution in [0, 0.1) is 20.8 Å². The largest absolute Gasteiger partial charge is 0.507 e. The molecule has 4 heteroatoms. The average Bonchev–Trinajstić information content (AvgIpc) is 2.81. The van der Waals surface area contributed by atoms with Crippen LogP contribution in [-0.2, 0) is 4.79 Å². The molecule has 0 aliphatic heterocycles. The molecule has 2 atom stereocenters. The molecule has 1 unspecified atom stereocenters. The Morgan fingerprint density at radius 1 is 0.939 bits per heavy atom. The zero-order chi connectivity index (χ0) is 24.2. The van der Waals surface area contributed by atoms with Gasteiger partial charge in [-0.2, -0.15) is 0 Å². The van der Waals surface area contributed by atoms with Gasteiger partial charge in [-0.15, -0.1) is 11.8 Å². The molecule has 2 aromatic carbocycles. The second-order valence-electron chi connectivity index (χ2n) is 9.33. The summed E-state index contributed by atoms with van der Waals surface area (Å²) in [6.45, 7) is 10.2. The monoisotopic (exact) mass is 469 g/mol. The van der Waals surface area contributed by atoms with E-state index in [-0.39, 0.29) is 11.2 Å². The lowest BCUT2D eigenvalue weighted by molar-refractivity contribution is -0.115. The Bertz CT molecular complexity index is 866. The first-order valence-corrected chi connectivity index (χ1v) is 13.6. The van der Waals surface area contributed by atoms with E-state index in [1.54, 1.807) is 11.8 Å². The van der Waals surface area contributed by atoms with Gasteiger partial charge in [0.15, 0.2) is 0 Å². The van der Waals surface area contributed by atoms with Crippen LogP contribution in [0.2, 0.25) is 0 Å². The van der Waals surface area contributed by atoms with Gasteiger partial charge in [-0.1, -0.05) is 95.5 Å². The molecule has 0 aromatic heterocycles. The molecule has 0 aliphatic carbocycles. The Morgan fingerprint density at radius 3 is 2.18 bits per heavy atom. The van der Waals surface area contributed by atoms with Crippen LogP contribution in [0.3, 0.4) is 0 Å². The molecule has 2 N–H and O–H groups in total. The van der Waals surface area contributed by atoms with Crippen molar-refractivity contribution in [1.29, 1.82) is 0 Å². The van der Waals surface area contributed by atoms with Gasteiger partial charge in [0, 0.05) is 10.9 Å². The van der Waals surface area contributed by atoms with E-state index >= 15 is 0 Å². The fourth-order valence-electron chi connectivity index (χ4n) is 4.18. The molecule has 2 rings (SSSR count). The summed E-state index contributed by atoms with van der Waals surface area (Å²) >= 11 is 1.76. The van der Waals surface area contributed by atoms with Crippen LogP contribution in [0.25, 0.3) is 0 Å². The molecule has 0 saturated heterocycles. The van der Waals surface area contributed by atoms with Crippen LogP contribution >= 0.6 is 11.8 Å². The minimum atomic E-state index is -0.260. The topological polar surface area (TPSA) is 49.3 Å². The van der Waals surface area contributed by atoms with Gasteiger partial charge in [0.25, 0.3) is 0 Å². The molecular weight excluding hydrogens is 426 g/mol. The standard InChI is InChI=1S/C29H43NO2S/c1-6-7-8-9-10-11-12-14-17-22(3)33-28(25-18-15-13-16-19-25)29(32)30-26-20-21(2)27(31)24(5)23(26)4/h13,15-16,18-20,22,28,31H,6-12,14,17H2,1-5H3,(H,30,32)/t22?,28-/m0/s1. The van der Waals surface area contributed by atoms with Gasteiger partial charge in [-0.25, -0.2) is 0 Å². The van der Waals surface area contributed by atoms with Crippen molar-refractivity contribution < 1.29 is 9.90 Å². The third-order valence-corrected chi connectivity index (χ3v) is 7.95. The van der Waals surface area contributed by atoms with Crippen molar-refractivity contribution in [2.45, 2.75) is 103 Å². The number of thioether (sulfide) groups is 1. The number of hydrogen-bond acceptors (Lipinski definition) is 3. The van der Waals surface area contributed by atoms with E-state index in [9.17, 15) is 9.90 Å². The number of phenolic OH excluding ortho intramolecular Hbond substituents is 1. The highest BCUT2D eigenvalue weighted by Crippen LogP contribution is 2.37. The molecule has 0 bridgehead atoms. The second-order valence-corrected chi connectivity index (χ2v) is 10.9. The zero-order valence-corrected chi connectivity index (χ0v) is 22.1. The third-order valence-electron chi connectivity index (χ3n) is 6.49. The molecule has 1 amide bonds. The van der Waals surface area contributed by atoms with Crippen LogP contribution in [0.15, 0.2) is 36.4 Å². The number of amides is 1. The Morgan fingerprint density at radius 2 is 1.55 bits per heavy atom. The van der Waals surface area contributed by atoms with E-state index in [2.05, 4.69) is 19.2 Å². The summed E-state index contributed by atoms with van der Waals surface area (Å²) in [6, 6.07) is 11.9. The summed E-state index contributed by atoms with van der Waals surface area (Å²) < 4.78 is 0. The maximum atomic E-state index is 13.4. The SMILES string of the molecule is CCCCCCCCCCC(C)S[C@H](C(=O)Nc1cc(C)c(O)c(C)c1C)c1ccccc1. The highest BCUT2D eigenvalue weighted by atomic mass is 32.2. The number of phenols is 1. The molecule has 2 aromatic rings. The van der Waals surface area contributed by atoms with Crippen LogP contribution in [0.5, 0.6) is 5.75 Å². The Labute approximate surface area is 205 Å². The van der Waals surface area contributed by atoms with Gasteiger partial charge in [0.2, 0.25) is 5.91 Å². The second kappa shape index (κ2) is 14.3. The average molecular weight is 470 g/mol. The van der Waals surface area contributed by atoms with Gasteiger partial charge in [0.1, 0.15) is 11.0 Å². The zero-order valence-electron chi connectivity index (χ0n) is 21.2. The highest BCUT2D eigenvalue weighted by Gasteiger charge is 2.24. The molecule has 33 heavy (non-hydrogen) atoms. The fraction of sp³-hybridized carbons (Fsp3) is 0.552. The van der Waals surface area contributed by atoms with Crippen molar-refractivity contribution in [2.75, 3.05) is 5.32 Å². The van der Waals surface area contributed by atoms with Crippen molar-refractivity contribution in [3.8, 4) is 5.75 Å². The molecule has 0 heterocycles. The summed E-state index contributed by atoms with van der Waals surface area (Å²) in [4.78, 5) is 13.4. The molecular formula is C29H43NO2S. The van der Waals surface area contributed by atoms with E-state index < -0.39 is 0 Å². The molecule has 0 fully saturated rings. The lowest BCUT2D eigenvalue weighted by atomic mass is 10.0. The minimum absolute atomic E-state index is 0.00145. The van der Waals surface area contributed by atoms with Crippen LogP contribution in [-0.4, -0.2) is 16.3 Å². The number of carbonyl (C=O) groups excluding carboxylic acids is 1. The van der Waals surface area contributed by atoms with Crippen LogP contribution in [0.1, 0.15) is 99.1 Å². The number of rotatable bonds is 14. The first-order valence-electron chi connectivity index (χ1n) is 12.7. The Balaban J connectivity index is 1.98. The quantitative estimate of drug-likeness (QED) is 0.215. The predicted molar refractivity (Wildman–Crippen MR) is 144 cm³/mol. The molecule has 0 aliphatic rings. The van der Waals surface area contributed by atoms with Crippen molar-refractivity contribution in [3.05, 3.63) is 58.7 Å². The maximum absolute atomic E-state index is 13.4. The first kappa shape index (κ1) is 27.3. The van der Waals surface area contributed by atoms with Crippen molar-refractivity contribution in [3.63, 3.8) is 0 Å². The maximum Gasteiger partial charge on any atom is 0.242 e. The highest BCUT2D eigenvalue weighted by molar-refractivity contribution is 8.00. The predicted octanol–water partition coefficient (Wildman–Crippen LogP) is 8.65. The number of aromatic hydroxyl groups is 1. The molecule has 182 valence electrons. The summed E-state index contributed by atoms with van der Waals surface area (Å²) in [7, 11) is 0. The first-order chi connectivity index (χ1) is 15.8. The number of benzene rings is 2. The summed E-state index contributed by atoms with van der Waals surface area (Å²) in [5, 5.41) is 13.5. The minimum Gasteiger partial charge on any atom is -0.507 e. The van der Waals surface area contributed by atoms with Gasteiger partial charge < -0.3 is 10.4 Å². The smallest absolute Gasteiger partial charge is 0.242 e. The van der Waals surface area contributed by atoms with E-state index in [4.69, 9.17) is 0 Å². The number of nitrogens with one attached hydrogen (secondary N) is 1. The van der Waals surface area contributed by atoms with E-state index in [1.807, 2.05) is 57.2 Å². The number of hydrogen-bond donors (Lipinski definition) is 2. The lowest BCUT2D eigenvalue weighted by Gasteiger charge is -2.22. The van der Waals surface area contributed by atoms with Gasteiger partial charge >= 0.3 is 0 Å². The van der Waals surface area contributed by atoms with E-state index in [0.717, 1.165) is 34.4 Å². The fourth-order valence-corrected chi connectivity index (χ4v) is 5.45. The molecule has 3 nitrogen and oxygen atoms in total. The van der Waals surface area contributed by atoms with Crippen molar-refractivity contribution >= 4 is 23.4 Å². The van der Waals surface area contributed by atoms with Gasteiger partial charge in [-0.05, 0) is 55.5 Å². The molecule has 0 radical (unpaired) electrons. The van der Waals surface area contributed by atoms with Crippen LogP contribution in [0.4, 0.5) is 5.69 Å². The summed E-state index contributed by atoms with van der Waals surface area (Å²) in [6.07, 6.45) is 11.7. The molecule has 0 saturated carbocycles. The van der Waals surface area contributed by atoms with E-state index in [0.29, 0.717) is 11.0 Å². The summed E-state index contributed by atoms with van der Waals surface area (Å²) in [5.74, 6) is 0.306. The van der Waals surface area contributed by atoms with E-state index in [1.165, 1.54) is 51.4 Å². The Kier molecular flexibility index (Phi) is 11.9. The van der Waals surface area contributed by atoms with Crippen molar-refractivity contribution in [1.82, 2.24) is 0 Å².